The number of carbonyl (C=O) groups excluding carboxylic acids is 4. The van der Waals surface area contributed by atoms with Crippen molar-refractivity contribution >= 4 is 41.3 Å². The number of esters is 4. The van der Waals surface area contributed by atoms with Crippen molar-refractivity contribution in [3.05, 3.63) is 0 Å². The van der Waals surface area contributed by atoms with Crippen LogP contribution in [0.1, 0.15) is 27.7 Å². The number of fused-ring (bicyclic) bond motifs is 1. The van der Waals surface area contributed by atoms with Gasteiger partial charge in [-0.05, 0) is 0 Å². The monoisotopic (exact) mass is 390 g/mol. The zero-order chi connectivity index (χ0) is 19.6. The lowest BCUT2D eigenvalue weighted by atomic mass is 9.84. The van der Waals surface area contributed by atoms with Crippen LogP contribution in [0.2, 0.25) is 0 Å². The Labute approximate surface area is 154 Å². The number of hydrogen-bond acceptors (Lipinski definition) is 11. The molecule has 1 aliphatic carbocycles. The minimum absolute atomic E-state index is 0.264. The molecule has 2 fully saturated rings. The van der Waals surface area contributed by atoms with Gasteiger partial charge in [0.2, 0.25) is 0 Å². The van der Waals surface area contributed by atoms with Crippen molar-refractivity contribution < 1.29 is 47.6 Å². The van der Waals surface area contributed by atoms with E-state index in [0.717, 1.165) is 27.7 Å². The lowest BCUT2D eigenvalue weighted by Gasteiger charge is -2.43. The van der Waals surface area contributed by atoms with Crippen LogP contribution in [-0.2, 0) is 47.6 Å². The largest absolute Gasteiger partial charge is 0.454 e. The van der Waals surface area contributed by atoms with Crippen LogP contribution >= 0.6 is 12.2 Å². The summed E-state index contributed by atoms with van der Waals surface area (Å²) in [6.45, 7) is 4.54. The maximum absolute atomic E-state index is 11.6. The molecule has 0 bridgehead atoms. The molecule has 1 aliphatic heterocycles. The topological polar surface area (TPSA) is 124 Å². The third-order valence-corrected chi connectivity index (χ3v) is 3.81. The van der Waals surface area contributed by atoms with E-state index in [-0.39, 0.29) is 5.24 Å². The molecule has 0 spiro atoms. The number of hydrogen-bond donors (Lipinski definition) is 0. The summed E-state index contributed by atoms with van der Waals surface area (Å²) in [5.41, 5.74) is 0. The van der Waals surface area contributed by atoms with E-state index in [9.17, 15) is 19.2 Å². The normalized spacial score (nSPS) is 32.4. The van der Waals surface area contributed by atoms with Gasteiger partial charge in [-0.25, -0.2) is 0 Å². The van der Waals surface area contributed by atoms with Crippen LogP contribution in [0.5, 0.6) is 0 Å². The predicted molar refractivity (Wildman–Crippen MR) is 84.6 cm³/mol. The molecule has 6 atom stereocenters. The van der Waals surface area contributed by atoms with E-state index in [1.165, 1.54) is 0 Å². The predicted octanol–water partition coefficient (Wildman–Crippen LogP) is -0.204. The first-order chi connectivity index (χ1) is 12.1. The molecule has 2 aliphatic rings. The molecule has 1 saturated carbocycles. The minimum atomic E-state index is -1.30. The standard InChI is InChI=1S/C15H18O10S/c1-5(16)20-9-10(21-6(2)17)12(23-8(4)19)14-13(24-15(26)25-14)11(9)22-7(3)18/h9-14H,1-4H3/t9-,10+,11?,12?,13+,14?/m1/s1. The van der Waals surface area contributed by atoms with Crippen LogP contribution < -0.4 is 0 Å². The Morgan fingerprint density at radius 2 is 0.923 bits per heavy atom. The van der Waals surface area contributed by atoms with Crippen molar-refractivity contribution in [2.45, 2.75) is 64.3 Å². The van der Waals surface area contributed by atoms with Crippen molar-refractivity contribution in [1.82, 2.24) is 0 Å². The van der Waals surface area contributed by atoms with Crippen molar-refractivity contribution in [2.24, 2.45) is 0 Å². The van der Waals surface area contributed by atoms with Crippen molar-refractivity contribution in [1.29, 1.82) is 0 Å². The lowest BCUT2D eigenvalue weighted by molar-refractivity contribution is -0.234. The van der Waals surface area contributed by atoms with Crippen LogP contribution in [0, 0.1) is 0 Å². The second-order valence-electron chi connectivity index (χ2n) is 5.71. The van der Waals surface area contributed by atoms with Gasteiger partial charge >= 0.3 is 29.1 Å². The van der Waals surface area contributed by atoms with Crippen molar-refractivity contribution in [2.75, 3.05) is 0 Å². The van der Waals surface area contributed by atoms with Crippen LogP contribution in [-0.4, -0.2) is 65.7 Å². The summed E-state index contributed by atoms with van der Waals surface area (Å²) < 4.78 is 31.6. The highest BCUT2D eigenvalue weighted by Gasteiger charge is 2.62. The molecule has 1 saturated heterocycles. The third kappa shape index (κ3) is 4.40. The first kappa shape index (κ1) is 19.9. The van der Waals surface area contributed by atoms with E-state index in [2.05, 4.69) is 0 Å². The van der Waals surface area contributed by atoms with E-state index >= 15 is 0 Å². The molecule has 3 unspecified atom stereocenters. The molecule has 144 valence electrons. The zero-order valence-electron chi connectivity index (χ0n) is 14.5. The summed E-state index contributed by atoms with van der Waals surface area (Å²) in [6, 6.07) is 0. The summed E-state index contributed by atoms with van der Waals surface area (Å²) in [7, 11) is 0. The molecule has 0 aromatic carbocycles. The first-order valence-electron chi connectivity index (χ1n) is 7.66. The second kappa shape index (κ2) is 7.85. The lowest BCUT2D eigenvalue weighted by Crippen LogP contribution is -2.66. The maximum Gasteiger partial charge on any atom is 0.353 e. The molecule has 2 rings (SSSR count). The second-order valence-corrected chi connectivity index (χ2v) is 6.04. The molecule has 0 aromatic rings. The number of thiocarbonyl (C=S) groups is 1. The number of carbonyl (C=O) groups is 4. The summed E-state index contributed by atoms with van der Waals surface area (Å²) in [4.78, 5) is 46.1. The average molecular weight is 390 g/mol. The maximum atomic E-state index is 11.6. The first-order valence-corrected chi connectivity index (χ1v) is 8.07. The Hall–Kier alpha value is -2.43. The van der Waals surface area contributed by atoms with Gasteiger partial charge in [0.15, 0.2) is 36.6 Å². The minimum Gasteiger partial charge on any atom is -0.454 e. The Kier molecular flexibility index (Phi) is 6.01. The van der Waals surface area contributed by atoms with Gasteiger partial charge in [0.05, 0.1) is 0 Å². The van der Waals surface area contributed by atoms with Crippen LogP contribution in [0.25, 0.3) is 0 Å². The molecule has 0 N–H and O–H groups in total. The molecule has 0 radical (unpaired) electrons. The van der Waals surface area contributed by atoms with Gasteiger partial charge < -0.3 is 28.4 Å². The highest BCUT2D eigenvalue weighted by molar-refractivity contribution is 7.79. The summed E-state index contributed by atoms with van der Waals surface area (Å²) in [5, 5.41) is -0.264. The fourth-order valence-corrected chi connectivity index (χ4v) is 3.17. The Balaban J connectivity index is 2.49. The highest BCUT2D eigenvalue weighted by Crippen LogP contribution is 2.37. The van der Waals surface area contributed by atoms with Crippen LogP contribution in [0.3, 0.4) is 0 Å². The molecular formula is C15H18O10S. The van der Waals surface area contributed by atoms with E-state index < -0.39 is 60.5 Å². The van der Waals surface area contributed by atoms with E-state index in [4.69, 9.17) is 40.6 Å². The molecule has 11 heteroatoms. The highest BCUT2D eigenvalue weighted by atomic mass is 32.1. The van der Waals surface area contributed by atoms with Gasteiger partial charge in [0.25, 0.3) is 0 Å². The fraction of sp³-hybridized carbons (Fsp3) is 0.667. The molecule has 0 aromatic heterocycles. The fourth-order valence-electron chi connectivity index (χ4n) is 2.94. The van der Waals surface area contributed by atoms with Gasteiger partial charge in [-0.15, -0.1) is 0 Å². The Morgan fingerprint density at radius 3 is 1.19 bits per heavy atom. The van der Waals surface area contributed by atoms with Gasteiger partial charge in [0, 0.05) is 39.9 Å². The summed E-state index contributed by atoms with van der Waals surface area (Å²) in [5.74, 6) is -2.85. The van der Waals surface area contributed by atoms with Crippen molar-refractivity contribution in [3.8, 4) is 0 Å². The quantitative estimate of drug-likeness (QED) is 0.360. The van der Waals surface area contributed by atoms with E-state index in [1.54, 1.807) is 0 Å². The number of ether oxygens (including phenoxy) is 6. The van der Waals surface area contributed by atoms with Gasteiger partial charge in [-0.2, -0.15) is 0 Å². The van der Waals surface area contributed by atoms with Gasteiger partial charge in [0.1, 0.15) is 0 Å². The molecule has 1 heterocycles. The molecule has 26 heavy (non-hydrogen) atoms. The van der Waals surface area contributed by atoms with Crippen molar-refractivity contribution in [3.63, 3.8) is 0 Å². The van der Waals surface area contributed by atoms with Crippen LogP contribution in [0.15, 0.2) is 0 Å². The summed E-state index contributed by atoms with van der Waals surface area (Å²) >= 11 is 4.88. The molecule has 10 nitrogen and oxygen atoms in total. The van der Waals surface area contributed by atoms with Crippen LogP contribution in [0.4, 0.5) is 0 Å². The SMILES string of the molecule is CC(=O)OC1C2OC(=S)O[C@H]2C(OC(C)=O)[C@H](OC(C)=O)[C@@H]1OC(C)=O. The molecule has 0 amide bonds. The van der Waals surface area contributed by atoms with E-state index in [0.29, 0.717) is 0 Å². The summed E-state index contributed by atoms with van der Waals surface area (Å²) in [6.07, 6.45) is -7.03. The smallest absolute Gasteiger partial charge is 0.353 e. The molecular weight excluding hydrogens is 372 g/mol. The average Bonchev–Trinajstić information content (AvgIpc) is 2.86. The Bertz CT molecular complexity index is 580. The third-order valence-electron chi connectivity index (χ3n) is 3.62. The zero-order valence-corrected chi connectivity index (χ0v) is 15.3. The van der Waals surface area contributed by atoms with Gasteiger partial charge in [-0.3, -0.25) is 19.2 Å². The van der Waals surface area contributed by atoms with Gasteiger partial charge in [-0.1, -0.05) is 0 Å². The Morgan fingerprint density at radius 1 is 0.654 bits per heavy atom. The van der Waals surface area contributed by atoms with E-state index in [1.807, 2.05) is 0 Å². The number of rotatable bonds is 4.